The number of imide groups is 1. The number of nitrogens with one attached hydrogen (secondary N) is 1. The highest BCUT2D eigenvalue weighted by Crippen LogP contribution is 2.38. The average molecular weight is 394 g/mol. The number of hydrogen-bond donors (Lipinski definition) is 1. The summed E-state index contributed by atoms with van der Waals surface area (Å²) >= 11 is 0. The lowest BCUT2D eigenvalue weighted by Gasteiger charge is -2.19. The smallest absolute Gasteiger partial charge is 0.406 e. The summed E-state index contributed by atoms with van der Waals surface area (Å²) in [6, 6.07) is 4.14. The summed E-state index contributed by atoms with van der Waals surface area (Å²) < 4.78 is 41.6. The number of aryl methyl sites for hydroxylation is 1. The van der Waals surface area contributed by atoms with Gasteiger partial charge in [0.15, 0.2) is 0 Å². The Balaban J connectivity index is 1.56. The van der Waals surface area contributed by atoms with Gasteiger partial charge in [0.1, 0.15) is 5.75 Å². The van der Waals surface area contributed by atoms with Crippen molar-refractivity contribution in [3.8, 4) is 5.75 Å². The highest BCUT2D eigenvalue weighted by molar-refractivity contribution is 6.05. The summed E-state index contributed by atoms with van der Waals surface area (Å²) in [5, 5.41) is 0.607. The fraction of sp³-hybridized carbons (Fsp3) is 0.500. The van der Waals surface area contributed by atoms with E-state index in [0.29, 0.717) is 17.3 Å². The predicted molar refractivity (Wildman–Crippen MR) is 95.6 cm³/mol. The highest BCUT2D eigenvalue weighted by atomic mass is 19.4. The van der Waals surface area contributed by atoms with Gasteiger partial charge in [-0.05, 0) is 49.9 Å². The number of benzene rings is 1. The largest absolute Gasteiger partial charge is 0.573 e. The Labute approximate surface area is 159 Å². The molecule has 5 nitrogen and oxygen atoms in total. The van der Waals surface area contributed by atoms with Crippen LogP contribution in [0.15, 0.2) is 18.2 Å². The van der Waals surface area contributed by atoms with Crippen molar-refractivity contribution < 1.29 is 27.5 Å². The molecule has 1 aromatic carbocycles. The Kier molecular flexibility index (Phi) is 4.59. The summed E-state index contributed by atoms with van der Waals surface area (Å²) in [6.07, 6.45) is -0.913. The standard InChI is InChI=1S/C20H21F3N2O3/c1-11-13(16-10-12(28-20(21,22)23)6-7-17(16)24-11)8-9-25-18(26)14-4-2-3-5-15(14)19(25)27/h6-7,10,14-15,24H,2-5,8-9H2,1H3. The summed E-state index contributed by atoms with van der Waals surface area (Å²) in [6.45, 7) is 2.07. The van der Waals surface area contributed by atoms with Crippen molar-refractivity contribution in [2.45, 2.75) is 45.4 Å². The highest BCUT2D eigenvalue weighted by Gasteiger charge is 2.47. The number of hydrogen-bond acceptors (Lipinski definition) is 3. The molecule has 1 aliphatic carbocycles. The number of rotatable bonds is 4. The first-order valence-electron chi connectivity index (χ1n) is 9.47. The molecule has 2 aliphatic rings. The number of alkyl halides is 3. The number of amides is 2. The van der Waals surface area contributed by atoms with Gasteiger partial charge in [-0.2, -0.15) is 0 Å². The summed E-state index contributed by atoms with van der Waals surface area (Å²) in [7, 11) is 0. The Bertz CT molecular complexity index is 911. The third-order valence-electron chi connectivity index (χ3n) is 5.84. The summed E-state index contributed by atoms with van der Waals surface area (Å²) in [4.78, 5) is 29.7. The van der Waals surface area contributed by atoms with Crippen molar-refractivity contribution in [1.29, 1.82) is 0 Å². The molecule has 4 rings (SSSR count). The number of carbonyl (C=O) groups excluding carboxylic acids is 2. The van der Waals surface area contributed by atoms with Gasteiger partial charge in [-0.15, -0.1) is 13.2 Å². The number of ether oxygens (including phenoxy) is 1. The van der Waals surface area contributed by atoms with E-state index in [1.165, 1.54) is 23.1 Å². The number of nitrogens with zero attached hydrogens (tertiary/aromatic N) is 1. The molecule has 1 saturated heterocycles. The molecule has 2 amide bonds. The van der Waals surface area contributed by atoms with Crippen LogP contribution in [0.2, 0.25) is 0 Å². The molecule has 150 valence electrons. The zero-order valence-electron chi connectivity index (χ0n) is 15.4. The fourth-order valence-electron chi connectivity index (χ4n) is 4.56. The normalized spacial score (nSPS) is 22.8. The van der Waals surface area contributed by atoms with Gasteiger partial charge in [0, 0.05) is 23.1 Å². The van der Waals surface area contributed by atoms with Crippen LogP contribution in [-0.4, -0.2) is 34.6 Å². The van der Waals surface area contributed by atoms with Crippen molar-refractivity contribution in [3.63, 3.8) is 0 Å². The third kappa shape index (κ3) is 3.36. The molecule has 2 aromatic rings. The molecule has 1 aromatic heterocycles. The Morgan fingerprint density at radius 3 is 2.39 bits per heavy atom. The SMILES string of the molecule is Cc1[nH]c2ccc(OC(F)(F)F)cc2c1CCN1C(=O)C2CCCCC2C1=O. The lowest BCUT2D eigenvalue weighted by atomic mass is 9.81. The quantitative estimate of drug-likeness (QED) is 0.795. The predicted octanol–water partition coefficient (Wildman–Crippen LogP) is 4.09. The second kappa shape index (κ2) is 6.83. The summed E-state index contributed by atoms with van der Waals surface area (Å²) in [5.74, 6) is -0.893. The van der Waals surface area contributed by atoms with E-state index in [2.05, 4.69) is 9.72 Å². The first kappa shape index (κ1) is 18.8. The lowest BCUT2D eigenvalue weighted by molar-refractivity contribution is -0.274. The van der Waals surface area contributed by atoms with E-state index in [1.807, 2.05) is 6.92 Å². The van der Waals surface area contributed by atoms with E-state index in [-0.39, 0.29) is 35.9 Å². The van der Waals surface area contributed by atoms with E-state index in [0.717, 1.165) is 36.9 Å². The second-order valence-electron chi connectivity index (χ2n) is 7.56. The van der Waals surface area contributed by atoms with Crippen molar-refractivity contribution in [3.05, 3.63) is 29.5 Å². The molecule has 2 heterocycles. The lowest BCUT2D eigenvalue weighted by Crippen LogP contribution is -2.33. The molecule has 1 saturated carbocycles. The van der Waals surface area contributed by atoms with Crippen molar-refractivity contribution in [2.75, 3.05) is 6.54 Å². The Hall–Kier alpha value is -2.51. The van der Waals surface area contributed by atoms with Crippen LogP contribution >= 0.6 is 0 Å². The molecule has 8 heteroatoms. The first-order valence-corrected chi connectivity index (χ1v) is 9.47. The number of carbonyl (C=O) groups is 2. The van der Waals surface area contributed by atoms with Crippen LogP contribution < -0.4 is 4.74 Å². The van der Waals surface area contributed by atoms with Crippen LogP contribution in [0, 0.1) is 18.8 Å². The minimum Gasteiger partial charge on any atom is -0.406 e. The zero-order valence-corrected chi connectivity index (χ0v) is 15.4. The van der Waals surface area contributed by atoms with Crippen molar-refractivity contribution >= 4 is 22.7 Å². The van der Waals surface area contributed by atoms with Crippen LogP contribution in [0.25, 0.3) is 10.9 Å². The zero-order chi connectivity index (χ0) is 20.1. The number of halogens is 3. The molecule has 2 fully saturated rings. The Morgan fingerprint density at radius 1 is 1.14 bits per heavy atom. The van der Waals surface area contributed by atoms with Gasteiger partial charge < -0.3 is 9.72 Å². The Morgan fingerprint density at radius 2 is 1.79 bits per heavy atom. The minimum atomic E-state index is -4.76. The van der Waals surface area contributed by atoms with Crippen LogP contribution in [-0.2, 0) is 16.0 Å². The maximum Gasteiger partial charge on any atom is 0.573 e. The molecule has 0 bridgehead atoms. The summed E-state index contributed by atoms with van der Waals surface area (Å²) in [5.41, 5.74) is 2.28. The van der Waals surface area contributed by atoms with Gasteiger partial charge in [-0.1, -0.05) is 12.8 Å². The van der Waals surface area contributed by atoms with E-state index in [9.17, 15) is 22.8 Å². The molecular formula is C20H21F3N2O3. The third-order valence-corrected chi connectivity index (χ3v) is 5.84. The molecule has 0 radical (unpaired) electrons. The maximum absolute atomic E-state index is 12.6. The topological polar surface area (TPSA) is 62.4 Å². The monoisotopic (exact) mass is 394 g/mol. The van der Waals surface area contributed by atoms with E-state index in [4.69, 9.17) is 0 Å². The fourth-order valence-corrected chi connectivity index (χ4v) is 4.56. The first-order chi connectivity index (χ1) is 13.2. The van der Waals surface area contributed by atoms with Crippen LogP contribution in [0.5, 0.6) is 5.75 Å². The number of fused-ring (bicyclic) bond motifs is 2. The van der Waals surface area contributed by atoms with E-state index in [1.54, 1.807) is 0 Å². The maximum atomic E-state index is 12.6. The molecule has 2 unspecified atom stereocenters. The van der Waals surface area contributed by atoms with Crippen LogP contribution in [0.4, 0.5) is 13.2 Å². The van der Waals surface area contributed by atoms with Crippen molar-refractivity contribution in [2.24, 2.45) is 11.8 Å². The van der Waals surface area contributed by atoms with Gasteiger partial charge >= 0.3 is 6.36 Å². The van der Waals surface area contributed by atoms with Gasteiger partial charge in [-0.3, -0.25) is 14.5 Å². The average Bonchev–Trinajstić information content (AvgIpc) is 3.06. The molecule has 2 atom stereocenters. The van der Waals surface area contributed by atoms with Gasteiger partial charge in [0.25, 0.3) is 0 Å². The second-order valence-corrected chi connectivity index (χ2v) is 7.56. The molecular weight excluding hydrogens is 373 g/mol. The number of aromatic amines is 1. The molecule has 0 spiro atoms. The number of likely N-dealkylation sites (tertiary alicyclic amines) is 1. The van der Waals surface area contributed by atoms with E-state index < -0.39 is 6.36 Å². The minimum absolute atomic E-state index is 0.103. The van der Waals surface area contributed by atoms with E-state index >= 15 is 0 Å². The molecule has 1 aliphatic heterocycles. The van der Waals surface area contributed by atoms with Crippen LogP contribution in [0.3, 0.4) is 0 Å². The van der Waals surface area contributed by atoms with Crippen LogP contribution in [0.1, 0.15) is 36.9 Å². The number of aromatic nitrogens is 1. The van der Waals surface area contributed by atoms with Crippen molar-refractivity contribution in [1.82, 2.24) is 9.88 Å². The molecule has 1 N–H and O–H groups in total. The van der Waals surface area contributed by atoms with Gasteiger partial charge in [0.2, 0.25) is 11.8 Å². The molecule has 28 heavy (non-hydrogen) atoms. The van der Waals surface area contributed by atoms with Gasteiger partial charge in [0.05, 0.1) is 11.8 Å². The number of H-pyrrole nitrogens is 1. The van der Waals surface area contributed by atoms with Gasteiger partial charge in [-0.25, -0.2) is 0 Å².